The number of rotatable bonds is 6. The molecule has 31 heavy (non-hydrogen) atoms. The number of piperazine rings is 1. The quantitative estimate of drug-likeness (QED) is 0.597. The lowest BCUT2D eigenvalue weighted by molar-refractivity contribution is -0.0498. The number of benzene rings is 1. The normalized spacial score (nSPS) is 14.7. The monoisotopic (exact) mass is 431 g/mol. The topological polar surface area (TPSA) is 79.3 Å². The fraction of sp³-hybridized carbons (Fsp3) is 0.300. The molecule has 2 aromatic heterocycles. The fourth-order valence-corrected chi connectivity index (χ4v) is 3.16. The number of hydrogen-bond acceptors (Lipinski definition) is 8. The summed E-state index contributed by atoms with van der Waals surface area (Å²) in [6.45, 7) is 0.224. The molecule has 3 heterocycles. The van der Waals surface area contributed by atoms with Gasteiger partial charge >= 0.3 is 6.61 Å². The van der Waals surface area contributed by atoms with Gasteiger partial charge in [-0.3, -0.25) is 0 Å². The molecule has 4 rings (SSSR count). The molecule has 1 N–H and O–H groups in total. The van der Waals surface area contributed by atoms with Gasteiger partial charge in [0.1, 0.15) is 11.6 Å². The number of alkyl halides is 2. The van der Waals surface area contributed by atoms with Crippen molar-refractivity contribution in [1.29, 1.82) is 0 Å². The van der Waals surface area contributed by atoms with Gasteiger partial charge in [-0.15, -0.1) is 5.10 Å². The minimum absolute atomic E-state index is 0.0620. The van der Waals surface area contributed by atoms with Gasteiger partial charge in [-0.05, 0) is 30.8 Å². The molecule has 1 saturated heterocycles. The minimum Gasteiger partial charge on any atom is -0.435 e. The second-order valence-electron chi connectivity index (χ2n) is 7.02. The molecule has 1 fully saturated rings. The first-order chi connectivity index (χ1) is 15.0. The van der Waals surface area contributed by atoms with E-state index in [-0.39, 0.29) is 11.6 Å². The van der Waals surface area contributed by atoms with Crippen molar-refractivity contribution in [2.24, 2.45) is 0 Å². The van der Waals surface area contributed by atoms with E-state index < -0.39 is 12.6 Å². The van der Waals surface area contributed by atoms with Gasteiger partial charge in [0.15, 0.2) is 5.82 Å². The molecule has 8 nitrogen and oxygen atoms in total. The van der Waals surface area contributed by atoms with E-state index in [0.717, 1.165) is 18.7 Å². The minimum atomic E-state index is -2.88. The molecule has 0 amide bonds. The van der Waals surface area contributed by atoms with Crippen LogP contribution in [0.25, 0.3) is 11.1 Å². The lowest BCUT2D eigenvalue weighted by atomic mass is 10.1. The largest absolute Gasteiger partial charge is 0.435 e. The van der Waals surface area contributed by atoms with Gasteiger partial charge in [0.05, 0.1) is 6.20 Å². The van der Waals surface area contributed by atoms with Crippen molar-refractivity contribution in [3.8, 4) is 16.9 Å². The maximum atomic E-state index is 14.1. The molecule has 0 atom stereocenters. The van der Waals surface area contributed by atoms with Crippen LogP contribution in [0.15, 0.2) is 42.6 Å². The standard InChI is InChI=1S/C20H20F3N7O/c1-29-6-8-30(9-7-29)20-25-16(21)11-17(27-20)26-18-10-14(12-24-28-18)13-2-4-15(5-3-13)31-19(22)23/h2-5,10-12,19H,6-9H2,1H3,(H,25,26,27,28). The Morgan fingerprint density at radius 2 is 1.71 bits per heavy atom. The molecular weight excluding hydrogens is 411 g/mol. The van der Waals surface area contributed by atoms with Crippen LogP contribution in [-0.4, -0.2) is 64.9 Å². The third-order valence-electron chi connectivity index (χ3n) is 4.79. The number of ether oxygens (including phenoxy) is 1. The van der Waals surface area contributed by atoms with E-state index >= 15 is 0 Å². The van der Waals surface area contributed by atoms with Crippen LogP contribution in [0.1, 0.15) is 0 Å². The fourth-order valence-electron chi connectivity index (χ4n) is 3.16. The molecule has 0 spiro atoms. The van der Waals surface area contributed by atoms with Crippen LogP contribution in [0.3, 0.4) is 0 Å². The third-order valence-corrected chi connectivity index (χ3v) is 4.79. The Kier molecular flexibility index (Phi) is 6.12. The summed E-state index contributed by atoms with van der Waals surface area (Å²) in [7, 11) is 2.03. The van der Waals surface area contributed by atoms with Gasteiger partial charge in [-0.2, -0.15) is 28.2 Å². The van der Waals surface area contributed by atoms with E-state index in [1.54, 1.807) is 18.2 Å². The molecule has 1 aromatic carbocycles. The van der Waals surface area contributed by atoms with Gasteiger partial charge in [0, 0.05) is 37.8 Å². The molecule has 3 aromatic rings. The van der Waals surface area contributed by atoms with Gasteiger partial charge in [0.25, 0.3) is 0 Å². The van der Waals surface area contributed by atoms with E-state index in [1.807, 2.05) is 11.9 Å². The summed E-state index contributed by atoms with van der Waals surface area (Å²) in [6, 6.07) is 9.03. The predicted octanol–water partition coefficient (Wildman–Crippen LogP) is 3.17. The zero-order valence-corrected chi connectivity index (χ0v) is 16.7. The van der Waals surface area contributed by atoms with E-state index in [4.69, 9.17) is 0 Å². The summed E-state index contributed by atoms with van der Waals surface area (Å²) in [5.41, 5.74) is 1.42. The second-order valence-corrected chi connectivity index (χ2v) is 7.02. The van der Waals surface area contributed by atoms with Crippen LogP contribution in [0.4, 0.5) is 30.8 Å². The van der Waals surface area contributed by atoms with Gasteiger partial charge in [-0.1, -0.05) is 12.1 Å². The lowest BCUT2D eigenvalue weighted by Crippen LogP contribution is -2.45. The highest BCUT2D eigenvalue weighted by atomic mass is 19.3. The molecular formula is C20H20F3N7O. The van der Waals surface area contributed by atoms with Gasteiger partial charge < -0.3 is 19.9 Å². The molecule has 0 aliphatic carbocycles. The SMILES string of the molecule is CN1CCN(c2nc(F)cc(Nc3cc(-c4ccc(OC(F)F)cc4)cnn3)n2)CC1. The van der Waals surface area contributed by atoms with Crippen LogP contribution in [0, 0.1) is 5.95 Å². The Morgan fingerprint density at radius 1 is 0.968 bits per heavy atom. The Bertz CT molecular complexity index is 1030. The lowest BCUT2D eigenvalue weighted by Gasteiger charge is -2.32. The Labute approximate surface area is 176 Å². The number of nitrogens with one attached hydrogen (secondary N) is 1. The Morgan fingerprint density at radius 3 is 2.42 bits per heavy atom. The van der Waals surface area contributed by atoms with Crippen molar-refractivity contribution in [2.75, 3.05) is 43.4 Å². The van der Waals surface area contributed by atoms with Crippen LogP contribution in [0.5, 0.6) is 5.75 Å². The summed E-state index contributed by atoms with van der Waals surface area (Å²) >= 11 is 0. The van der Waals surface area contributed by atoms with Gasteiger partial charge in [0.2, 0.25) is 11.9 Å². The Hall–Kier alpha value is -3.47. The van der Waals surface area contributed by atoms with Crippen molar-refractivity contribution in [3.05, 3.63) is 48.5 Å². The molecule has 0 radical (unpaired) electrons. The van der Waals surface area contributed by atoms with E-state index in [1.165, 1.54) is 24.4 Å². The van der Waals surface area contributed by atoms with Crippen LogP contribution in [-0.2, 0) is 0 Å². The number of likely N-dealkylation sites (N-methyl/N-ethyl adjacent to an activating group) is 1. The Balaban J connectivity index is 1.51. The molecule has 11 heteroatoms. The summed E-state index contributed by atoms with van der Waals surface area (Å²) in [5, 5.41) is 10.9. The average molecular weight is 431 g/mol. The highest BCUT2D eigenvalue weighted by molar-refractivity contribution is 5.67. The van der Waals surface area contributed by atoms with Crippen LogP contribution >= 0.6 is 0 Å². The first-order valence-electron chi connectivity index (χ1n) is 9.59. The molecule has 1 aliphatic heterocycles. The maximum Gasteiger partial charge on any atom is 0.387 e. The van der Waals surface area contributed by atoms with Crippen molar-refractivity contribution in [2.45, 2.75) is 6.61 Å². The first kappa shape index (κ1) is 20.8. The van der Waals surface area contributed by atoms with Crippen molar-refractivity contribution in [3.63, 3.8) is 0 Å². The van der Waals surface area contributed by atoms with Gasteiger partial charge in [-0.25, -0.2) is 0 Å². The first-order valence-corrected chi connectivity index (χ1v) is 9.59. The maximum absolute atomic E-state index is 14.1. The predicted molar refractivity (Wildman–Crippen MR) is 109 cm³/mol. The van der Waals surface area contributed by atoms with Crippen LogP contribution < -0.4 is 15.0 Å². The molecule has 0 bridgehead atoms. The highest BCUT2D eigenvalue weighted by Gasteiger charge is 2.18. The van der Waals surface area contributed by atoms with Crippen LogP contribution in [0.2, 0.25) is 0 Å². The van der Waals surface area contributed by atoms with Crippen molar-refractivity contribution < 1.29 is 17.9 Å². The van der Waals surface area contributed by atoms with Crippen molar-refractivity contribution in [1.82, 2.24) is 25.1 Å². The number of aromatic nitrogens is 4. The number of halogens is 3. The molecule has 162 valence electrons. The highest BCUT2D eigenvalue weighted by Crippen LogP contribution is 2.25. The molecule has 1 aliphatic rings. The number of hydrogen-bond donors (Lipinski definition) is 1. The zero-order chi connectivity index (χ0) is 21.8. The zero-order valence-electron chi connectivity index (χ0n) is 16.7. The summed E-state index contributed by atoms with van der Waals surface area (Å²) < 4.78 is 43.1. The third kappa shape index (κ3) is 5.37. The smallest absolute Gasteiger partial charge is 0.387 e. The van der Waals surface area contributed by atoms with Crippen molar-refractivity contribution >= 4 is 17.6 Å². The second kappa shape index (κ2) is 9.13. The average Bonchev–Trinajstić information content (AvgIpc) is 2.74. The summed E-state index contributed by atoms with van der Waals surface area (Å²) in [4.78, 5) is 12.4. The van der Waals surface area contributed by atoms with E-state index in [9.17, 15) is 13.2 Å². The van der Waals surface area contributed by atoms with E-state index in [0.29, 0.717) is 30.4 Å². The number of nitrogens with zero attached hydrogens (tertiary/aromatic N) is 6. The summed E-state index contributed by atoms with van der Waals surface area (Å²) in [5.74, 6) is 0.341. The number of anilines is 3. The molecule has 0 saturated carbocycles. The van der Waals surface area contributed by atoms with E-state index in [2.05, 4.69) is 35.1 Å². The molecule has 0 unspecified atom stereocenters. The summed E-state index contributed by atoms with van der Waals surface area (Å²) in [6.07, 6.45) is 1.53.